The van der Waals surface area contributed by atoms with Gasteiger partial charge in [-0.1, -0.05) is 419 Å². The van der Waals surface area contributed by atoms with Crippen molar-refractivity contribution in [3.8, 4) is 0 Å². The molecule has 0 aromatic heterocycles. The fraction of sp³-hybridized carbons (Fsp3) is 0.953. The first-order valence-corrected chi connectivity index (χ1v) is 47.8. The summed E-state index contributed by atoms with van der Waals surface area (Å²) in [7, 11) is -9.92. The Balaban J connectivity index is 5.16. The lowest BCUT2D eigenvalue weighted by atomic mass is 10.0. The number of aliphatic hydroxyl groups excluding tert-OH is 1. The Bertz CT molecular complexity index is 1980. The van der Waals surface area contributed by atoms with E-state index in [0.29, 0.717) is 25.7 Å². The van der Waals surface area contributed by atoms with E-state index in [0.717, 1.165) is 89.9 Å². The second-order valence-corrected chi connectivity index (χ2v) is 33.8. The number of carbonyl (C=O) groups is 4. The number of hydrogen-bond acceptors (Lipinski definition) is 15. The first-order chi connectivity index (χ1) is 51.2. The van der Waals surface area contributed by atoms with Crippen molar-refractivity contribution in [3.63, 3.8) is 0 Å². The van der Waals surface area contributed by atoms with Gasteiger partial charge in [0.15, 0.2) is 12.2 Å². The number of carbonyl (C=O) groups excluding carboxylic acids is 4. The van der Waals surface area contributed by atoms with E-state index in [9.17, 15) is 43.2 Å². The SMILES string of the molecule is CCCCCCCCCCCCCCCCCCCCCCCCC(=O)OC[C@H](COP(=O)(O)OC[C@@H](O)COP(=O)(O)OC[C@@H](COC(=O)CCCCCCCCCCCC)OC(=O)CCCCCCCCCCCCC)OC(=O)CCCCCCCCCCCCCCCCCCCCCCCC. The summed E-state index contributed by atoms with van der Waals surface area (Å²) in [5, 5.41) is 10.7. The number of phosphoric ester groups is 2. The van der Waals surface area contributed by atoms with Crippen LogP contribution >= 0.6 is 15.6 Å². The Morgan fingerprint density at radius 1 is 0.229 bits per heavy atom. The molecule has 17 nitrogen and oxygen atoms in total. The van der Waals surface area contributed by atoms with Crippen molar-refractivity contribution >= 4 is 39.5 Å². The molecule has 0 saturated carbocycles. The van der Waals surface area contributed by atoms with E-state index >= 15 is 0 Å². The minimum atomic E-state index is -4.96. The van der Waals surface area contributed by atoms with Gasteiger partial charge in [-0.15, -0.1) is 0 Å². The fourth-order valence-corrected chi connectivity index (χ4v) is 15.1. The van der Waals surface area contributed by atoms with Gasteiger partial charge in [0.05, 0.1) is 26.4 Å². The Labute approximate surface area is 645 Å². The standard InChI is InChI=1S/C86H168O17P2/c1-5-9-13-17-21-25-29-31-33-35-37-39-41-43-45-47-49-52-55-59-63-67-71-84(89)97-77-82(103-86(91)73-69-65-61-57-53-50-48-46-44-42-40-38-36-34-32-30-26-22-18-14-10-6-2)79-101-105(94,95)99-75-80(87)74-98-104(92,93)100-78-81(76-96-83(88)70-66-62-58-54-28-24-20-16-12-8-4)102-85(90)72-68-64-60-56-51-27-23-19-15-11-7-3/h80-82,87H,5-79H2,1-4H3,(H,92,93)(H,94,95)/t80-,81+,82+/m0/s1. The largest absolute Gasteiger partial charge is 0.472 e. The average molecular weight is 1540 g/mol. The summed E-state index contributed by atoms with van der Waals surface area (Å²) < 4.78 is 68.8. The fourth-order valence-electron chi connectivity index (χ4n) is 13.5. The van der Waals surface area contributed by atoms with Gasteiger partial charge in [0.1, 0.15) is 19.3 Å². The highest BCUT2D eigenvalue weighted by molar-refractivity contribution is 7.47. The van der Waals surface area contributed by atoms with Crippen molar-refractivity contribution in [3.05, 3.63) is 0 Å². The summed E-state index contributed by atoms with van der Waals surface area (Å²) in [6.45, 7) is 5.03. The summed E-state index contributed by atoms with van der Waals surface area (Å²) in [6, 6.07) is 0. The van der Waals surface area contributed by atoms with Crippen LogP contribution in [0.2, 0.25) is 0 Å². The van der Waals surface area contributed by atoms with Crippen LogP contribution in [0, 0.1) is 0 Å². The van der Waals surface area contributed by atoms with Gasteiger partial charge < -0.3 is 33.8 Å². The third-order valence-corrected chi connectivity index (χ3v) is 22.3. The zero-order chi connectivity index (χ0) is 76.7. The van der Waals surface area contributed by atoms with E-state index in [1.54, 1.807) is 0 Å². The lowest BCUT2D eigenvalue weighted by molar-refractivity contribution is -0.161. The highest BCUT2D eigenvalue weighted by Crippen LogP contribution is 2.45. The predicted octanol–water partition coefficient (Wildman–Crippen LogP) is 26.5. The van der Waals surface area contributed by atoms with Crippen molar-refractivity contribution in [2.45, 2.75) is 489 Å². The molecule has 105 heavy (non-hydrogen) atoms. The smallest absolute Gasteiger partial charge is 0.462 e. The first-order valence-electron chi connectivity index (χ1n) is 44.8. The molecule has 624 valence electrons. The molecule has 0 aromatic rings. The van der Waals surface area contributed by atoms with E-state index in [-0.39, 0.29) is 25.7 Å². The molecule has 5 atom stereocenters. The summed E-state index contributed by atoms with van der Waals surface area (Å²) >= 11 is 0. The second-order valence-electron chi connectivity index (χ2n) is 30.9. The minimum Gasteiger partial charge on any atom is -0.462 e. The molecule has 0 spiro atoms. The number of phosphoric acid groups is 2. The van der Waals surface area contributed by atoms with E-state index in [4.69, 9.17) is 37.0 Å². The van der Waals surface area contributed by atoms with Gasteiger partial charge in [0, 0.05) is 25.7 Å². The van der Waals surface area contributed by atoms with Crippen molar-refractivity contribution < 1.29 is 80.2 Å². The summed E-state index contributed by atoms with van der Waals surface area (Å²) in [5.41, 5.74) is 0. The zero-order valence-electron chi connectivity index (χ0n) is 68.7. The van der Waals surface area contributed by atoms with Crippen molar-refractivity contribution in [2.75, 3.05) is 39.6 Å². The highest BCUT2D eigenvalue weighted by atomic mass is 31.2. The van der Waals surface area contributed by atoms with Gasteiger partial charge in [0.25, 0.3) is 0 Å². The van der Waals surface area contributed by atoms with E-state index < -0.39 is 97.5 Å². The number of unbranched alkanes of at least 4 members (excludes halogenated alkanes) is 61. The number of rotatable bonds is 87. The van der Waals surface area contributed by atoms with E-state index in [1.807, 2.05) is 0 Å². The lowest BCUT2D eigenvalue weighted by Gasteiger charge is -2.21. The van der Waals surface area contributed by atoms with Crippen LogP contribution in [-0.2, 0) is 65.4 Å². The van der Waals surface area contributed by atoms with Crippen molar-refractivity contribution in [1.29, 1.82) is 0 Å². The van der Waals surface area contributed by atoms with Gasteiger partial charge in [-0.05, 0) is 25.7 Å². The molecule has 3 N–H and O–H groups in total. The molecule has 0 amide bonds. The highest BCUT2D eigenvalue weighted by Gasteiger charge is 2.30. The molecule has 0 bridgehead atoms. The molecule has 0 aliphatic rings. The van der Waals surface area contributed by atoms with Crippen LogP contribution < -0.4 is 0 Å². The normalized spacial score (nSPS) is 13.7. The molecular formula is C86H168O17P2. The predicted molar refractivity (Wildman–Crippen MR) is 432 cm³/mol. The third kappa shape index (κ3) is 79.9. The quantitative estimate of drug-likeness (QED) is 0.0222. The Kier molecular flexibility index (Phi) is 78.6. The number of hydrogen-bond donors (Lipinski definition) is 3. The Morgan fingerprint density at radius 3 is 0.562 bits per heavy atom. The molecule has 0 heterocycles. The molecule has 0 rings (SSSR count). The van der Waals surface area contributed by atoms with Crippen LogP contribution in [0.3, 0.4) is 0 Å². The van der Waals surface area contributed by atoms with Gasteiger partial charge >= 0.3 is 39.5 Å². The van der Waals surface area contributed by atoms with Crippen LogP contribution in [-0.4, -0.2) is 96.7 Å². The lowest BCUT2D eigenvalue weighted by Crippen LogP contribution is -2.30. The summed E-state index contributed by atoms with van der Waals surface area (Å²) in [4.78, 5) is 73.1. The summed E-state index contributed by atoms with van der Waals surface area (Å²) in [6.07, 6.45) is 75.2. The molecule has 0 fully saturated rings. The monoisotopic (exact) mass is 1540 g/mol. The molecule has 0 aromatic carbocycles. The molecule has 0 radical (unpaired) electrons. The second kappa shape index (κ2) is 80.1. The van der Waals surface area contributed by atoms with Crippen molar-refractivity contribution in [1.82, 2.24) is 0 Å². The van der Waals surface area contributed by atoms with Crippen LogP contribution in [0.15, 0.2) is 0 Å². The third-order valence-electron chi connectivity index (χ3n) is 20.4. The maximum absolute atomic E-state index is 13.1. The number of esters is 4. The van der Waals surface area contributed by atoms with Gasteiger partial charge in [0.2, 0.25) is 0 Å². The molecular weight excluding hydrogens is 1370 g/mol. The maximum atomic E-state index is 13.1. The van der Waals surface area contributed by atoms with Crippen LogP contribution in [0.4, 0.5) is 0 Å². The summed E-state index contributed by atoms with van der Waals surface area (Å²) in [5.74, 6) is -2.10. The molecule has 0 aliphatic carbocycles. The van der Waals surface area contributed by atoms with Crippen LogP contribution in [0.25, 0.3) is 0 Å². The number of aliphatic hydroxyl groups is 1. The Morgan fingerprint density at radius 2 is 0.381 bits per heavy atom. The first kappa shape index (κ1) is 103. The van der Waals surface area contributed by atoms with Crippen LogP contribution in [0.5, 0.6) is 0 Å². The topological polar surface area (TPSA) is 237 Å². The van der Waals surface area contributed by atoms with Gasteiger partial charge in [-0.3, -0.25) is 37.3 Å². The van der Waals surface area contributed by atoms with Crippen LogP contribution in [0.1, 0.15) is 471 Å². The van der Waals surface area contributed by atoms with Crippen molar-refractivity contribution in [2.24, 2.45) is 0 Å². The average Bonchev–Trinajstić information content (AvgIpc) is 0.910. The minimum absolute atomic E-state index is 0.108. The zero-order valence-corrected chi connectivity index (χ0v) is 70.5. The van der Waals surface area contributed by atoms with Gasteiger partial charge in [-0.25, -0.2) is 9.13 Å². The molecule has 0 aliphatic heterocycles. The van der Waals surface area contributed by atoms with Gasteiger partial charge in [-0.2, -0.15) is 0 Å². The van der Waals surface area contributed by atoms with E-state index in [2.05, 4.69) is 27.7 Å². The molecule has 19 heteroatoms. The molecule has 2 unspecified atom stereocenters. The molecule has 0 saturated heterocycles. The maximum Gasteiger partial charge on any atom is 0.472 e. The van der Waals surface area contributed by atoms with E-state index in [1.165, 1.54) is 302 Å². The number of ether oxygens (including phenoxy) is 4. The Hall–Kier alpha value is -1.94.